The van der Waals surface area contributed by atoms with E-state index in [0.29, 0.717) is 13.2 Å². The third-order valence-electron chi connectivity index (χ3n) is 2.44. The summed E-state index contributed by atoms with van der Waals surface area (Å²) in [6.07, 6.45) is 3.22. The van der Waals surface area contributed by atoms with Crippen LogP contribution < -0.4 is 4.74 Å². The lowest BCUT2D eigenvalue weighted by Crippen LogP contribution is -2.09. The number of rotatable bonds is 4. The summed E-state index contributed by atoms with van der Waals surface area (Å²) in [6.45, 7) is 5.43. The van der Waals surface area contributed by atoms with Gasteiger partial charge in [-0.3, -0.25) is 0 Å². The number of para-hydroxylation sites is 1. The molecule has 84 valence electrons. The van der Waals surface area contributed by atoms with Crippen LogP contribution in [0.3, 0.4) is 0 Å². The van der Waals surface area contributed by atoms with Gasteiger partial charge in [-0.15, -0.1) is 0 Å². The van der Waals surface area contributed by atoms with Crippen molar-refractivity contribution in [2.45, 2.75) is 20.4 Å². The van der Waals surface area contributed by atoms with Crippen molar-refractivity contribution in [1.82, 2.24) is 14.8 Å². The predicted molar refractivity (Wildman–Crippen MR) is 61.4 cm³/mol. The van der Waals surface area contributed by atoms with Crippen LogP contribution in [0.2, 0.25) is 0 Å². The fraction of sp³-hybridized carbons (Fsp3) is 0.333. The minimum absolute atomic E-state index is 0.606. The van der Waals surface area contributed by atoms with Crippen molar-refractivity contribution in [2.24, 2.45) is 0 Å². The van der Waals surface area contributed by atoms with Crippen molar-refractivity contribution >= 4 is 0 Å². The normalized spacial score (nSPS) is 10.4. The molecule has 0 aliphatic rings. The van der Waals surface area contributed by atoms with E-state index in [-0.39, 0.29) is 0 Å². The van der Waals surface area contributed by atoms with Crippen LogP contribution in [-0.2, 0) is 6.54 Å². The summed E-state index contributed by atoms with van der Waals surface area (Å²) < 4.78 is 7.51. The van der Waals surface area contributed by atoms with E-state index in [0.717, 1.165) is 5.75 Å². The van der Waals surface area contributed by atoms with Gasteiger partial charge < -0.3 is 4.74 Å². The highest BCUT2D eigenvalue weighted by atomic mass is 16.5. The van der Waals surface area contributed by atoms with E-state index in [1.165, 1.54) is 17.5 Å². The summed E-state index contributed by atoms with van der Waals surface area (Å²) in [7, 11) is 0. The van der Waals surface area contributed by atoms with Gasteiger partial charge in [-0.2, -0.15) is 5.10 Å². The smallest absolute Gasteiger partial charge is 0.137 e. The third kappa shape index (κ3) is 2.39. The van der Waals surface area contributed by atoms with Gasteiger partial charge in [-0.1, -0.05) is 18.2 Å². The first kappa shape index (κ1) is 10.7. The topological polar surface area (TPSA) is 39.9 Å². The molecule has 1 aromatic carbocycles. The SMILES string of the molecule is Cc1cccc(C)c1OCCn1cncn1. The lowest BCUT2D eigenvalue weighted by Gasteiger charge is -2.11. The summed E-state index contributed by atoms with van der Waals surface area (Å²) >= 11 is 0. The summed E-state index contributed by atoms with van der Waals surface area (Å²) in [5, 5.41) is 4.02. The largest absolute Gasteiger partial charge is 0.491 e. The van der Waals surface area contributed by atoms with E-state index in [9.17, 15) is 0 Å². The number of aromatic nitrogens is 3. The van der Waals surface area contributed by atoms with E-state index < -0.39 is 0 Å². The molecule has 0 N–H and O–H groups in total. The van der Waals surface area contributed by atoms with Gasteiger partial charge in [-0.05, 0) is 25.0 Å². The average Bonchev–Trinajstić information content (AvgIpc) is 2.75. The van der Waals surface area contributed by atoms with Gasteiger partial charge in [0, 0.05) is 0 Å². The molecule has 16 heavy (non-hydrogen) atoms. The maximum atomic E-state index is 5.75. The van der Waals surface area contributed by atoms with Crippen molar-refractivity contribution in [2.75, 3.05) is 6.61 Å². The molecule has 0 aliphatic carbocycles. The Balaban J connectivity index is 1.95. The van der Waals surface area contributed by atoms with Crippen LogP contribution in [0, 0.1) is 13.8 Å². The Hall–Kier alpha value is -1.84. The molecule has 0 spiro atoms. The summed E-state index contributed by atoms with van der Waals surface area (Å²) in [5.74, 6) is 0.975. The van der Waals surface area contributed by atoms with Crippen LogP contribution in [0.25, 0.3) is 0 Å². The highest BCUT2D eigenvalue weighted by Gasteiger charge is 2.02. The zero-order valence-corrected chi connectivity index (χ0v) is 9.55. The third-order valence-corrected chi connectivity index (χ3v) is 2.44. The maximum Gasteiger partial charge on any atom is 0.137 e. The summed E-state index contributed by atoms with van der Waals surface area (Å²) in [6, 6.07) is 6.14. The Kier molecular flexibility index (Phi) is 3.19. The predicted octanol–water partition coefficient (Wildman–Crippen LogP) is 1.97. The van der Waals surface area contributed by atoms with Gasteiger partial charge >= 0.3 is 0 Å². The fourth-order valence-corrected chi connectivity index (χ4v) is 1.62. The van der Waals surface area contributed by atoms with Crippen LogP contribution in [0.4, 0.5) is 0 Å². The Morgan fingerprint density at radius 3 is 2.62 bits per heavy atom. The van der Waals surface area contributed by atoms with E-state index in [4.69, 9.17) is 4.74 Å². The molecular weight excluding hydrogens is 202 g/mol. The molecule has 1 heterocycles. The van der Waals surface area contributed by atoms with Gasteiger partial charge in [0.2, 0.25) is 0 Å². The number of ether oxygens (including phenoxy) is 1. The Morgan fingerprint density at radius 1 is 1.25 bits per heavy atom. The lowest BCUT2D eigenvalue weighted by atomic mass is 10.1. The van der Waals surface area contributed by atoms with Gasteiger partial charge in [0.05, 0.1) is 6.54 Å². The van der Waals surface area contributed by atoms with Crippen molar-refractivity contribution in [1.29, 1.82) is 0 Å². The monoisotopic (exact) mass is 217 g/mol. The first-order chi connectivity index (χ1) is 7.77. The minimum Gasteiger partial charge on any atom is -0.491 e. The highest BCUT2D eigenvalue weighted by Crippen LogP contribution is 2.22. The van der Waals surface area contributed by atoms with Crippen LogP contribution in [0.1, 0.15) is 11.1 Å². The second-order valence-corrected chi connectivity index (χ2v) is 3.73. The number of aryl methyl sites for hydroxylation is 2. The maximum absolute atomic E-state index is 5.75. The van der Waals surface area contributed by atoms with E-state index >= 15 is 0 Å². The molecule has 2 aromatic rings. The zero-order valence-electron chi connectivity index (χ0n) is 9.55. The molecule has 4 heteroatoms. The standard InChI is InChI=1S/C12H15N3O/c1-10-4-3-5-11(2)12(10)16-7-6-15-9-13-8-14-15/h3-5,8-9H,6-7H2,1-2H3. The molecule has 0 fully saturated rings. The van der Waals surface area contributed by atoms with Crippen molar-refractivity contribution in [3.8, 4) is 5.75 Å². The number of benzene rings is 1. The molecule has 0 saturated heterocycles. The molecule has 1 aromatic heterocycles. The zero-order chi connectivity index (χ0) is 11.4. The number of nitrogens with zero attached hydrogens (tertiary/aromatic N) is 3. The second kappa shape index (κ2) is 4.79. The molecule has 0 atom stereocenters. The average molecular weight is 217 g/mol. The second-order valence-electron chi connectivity index (χ2n) is 3.73. The van der Waals surface area contributed by atoms with Gasteiger partial charge in [-0.25, -0.2) is 9.67 Å². The molecule has 0 aliphatic heterocycles. The van der Waals surface area contributed by atoms with E-state index in [1.807, 2.05) is 6.07 Å². The first-order valence-electron chi connectivity index (χ1n) is 5.29. The number of hydrogen-bond donors (Lipinski definition) is 0. The van der Waals surface area contributed by atoms with E-state index in [1.54, 1.807) is 11.0 Å². The summed E-state index contributed by atoms with van der Waals surface area (Å²) in [5.41, 5.74) is 2.33. The first-order valence-corrected chi connectivity index (χ1v) is 5.29. The Morgan fingerprint density at radius 2 is 2.00 bits per heavy atom. The van der Waals surface area contributed by atoms with Crippen LogP contribution in [0.15, 0.2) is 30.9 Å². The Bertz CT molecular complexity index is 431. The number of hydrogen-bond acceptors (Lipinski definition) is 3. The molecule has 4 nitrogen and oxygen atoms in total. The van der Waals surface area contributed by atoms with Crippen molar-refractivity contribution in [3.05, 3.63) is 42.0 Å². The molecule has 0 bridgehead atoms. The minimum atomic E-state index is 0.606. The molecule has 0 amide bonds. The molecular formula is C12H15N3O. The van der Waals surface area contributed by atoms with Crippen molar-refractivity contribution < 1.29 is 4.74 Å². The Labute approximate surface area is 94.9 Å². The van der Waals surface area contributed by atoms with Crippen LogP contribution >= 0.6 is 0 Å². The van der Waals surface area contributed by atoms with Gasteiger partial charge in [0.25, 0.3) is 0 Å². The molecule has 0 unspecified atom stereocenters. The van der Waals surface area contributed by atoms with E-state index in [2.05, 4.69) is 36.1 Å². The van der Waals surface area contributed by atoms with Gasteiger partial charge in [0.15, 0.2) is 0 Å². The summed E-state index contributed by atoms with van der Waals surface area (Å²) in [4.78, 5) is 3.88. The van der Waals surface area contributed by atoms with Gasteiger partial charge in [0.1, 0.15) is 25.0 Å². The molecule has 0 radical (unpaired) electrons. The lowest BCUT2D eigenvalue weighted by molar-refractivity contribution is 0.287. The fourth-order valence-electron chi connectivity index (χ4n) is 1.62. The van der Waals surface area contributed by atoms with Crippen molar-refractivity contribution in [3.63, 3.8) is 0 Å². The van der Waals surface area contributed by atoms with Crippen LogP contribution in [0.5, 0.6) is 5.75 Å². The van der Waals surface area contributed by atoms with Crippen LogP contribution in [-0.4, -0.2) is 21.4 Å². The highest BCUT2D eigenvalue weighted by molar-refractivity contribution is 5.39. The molecule has 0 saturated carbocycles. The molecule has 2 rings (SSSR count). The quantitative estimate of drug-likeness (QED) is 0.786.